The summed E-state index contributed by atoms with van der Waals surface area (Å²) in [7, 11) is 0. The maximum Gasteiger partial charge on any atom is 0.256 e. The monoisotopic (exact) mass is 381 g/mol. The molecular formula is C21H23N3O2S. The molecule has 0 unspecified atom stereocenters. The zero-order chi connectivity index (χ0) is 18.6. The molecule has 0 atom stereocenters. The summed E-state index contributed by atoms with van der Waals surface area (Å²) in [6.07, 6.45) is 3.37. The van der Waals surface area contributed by atoms with Gasteiger partial charge in [0.1, 0.15) is 0 Å². The summed E-state index contributed by atoms with van der Waals surface area (Å²) in [5, 5.41) is 9.31. The molecule has 2 heterocycles. The van der Waals surface area contributed by atoms with Gasteiger partial charge in [0.25, 0.3) is 11.8 Å². The zero-order valence-corrected chi connectivity index (χ0v) is 15.9. The van der Waals surface area contributed by atoms with Gasteiger partial charge in [0.15, 0.2) is 0 Å². The average Bonchev–Trinajstić information content (AvgIpc) is 2.84. The van der Waals surface area contributed by atoms with Gasteiger partial charge < -0.3 is 16.0 Å². The molecule has 6 heteroatoms. The summed E-state index contributed by atoms with van der Waals surface area (Å²) in [6, 6.07) is 13.0. The standard InChI is InChI=1S/C21H23N3O2S/c25-20(23-12-9-14-7-10-22-11-8-14)15-5-6-19-17(13-15)24-21(26)16-3-1-2-4-18(16)27-19/h1-6,13-14,22H,7-12H2,(H,23,25)(H,24,26). The fourth-order valence-corrected chi connectivity index (χ4v) is 4.58. The highest BCUT2D eigenvalue weighted by Gasteiger charge is 2.21. The van der Waals surface area contributed by atoms with E-state index >= 15 is 0 Å². The second-order valence-corrected chi connectivity index (χ2v) is 8.09. The molecule has 0 saturated carbocycles. The van der Waals surface area contributed by atoms with Gasteiger partial charge in [-0.1, -0.05) is 23.9 Å². The molecule has 4 rings (SSSR count). The molecule has 140 valence electrons. The third-order valence-electron chi connectivity index (χ3n) is 5.14. The molecule has 0 bridgehead atoms. The van der Waals surface area contributed by atoms with E-state index in [1.165, 1.54) is 12.8 Å². The molecule has 1 saturated heterocycles. The second-order valence-electron chi connectivity index (χ2n) is 7.00. The molecule has 0 radical (unpaired) electrons. The van der Waals surface area contributed by atoms with E-state index in [-0.39, 0.29) is 11.8 Å². The molecule has 2 amide bonds. The lowest BCUT2D eigenvalue weighted by molar-refractivity contribution is 0.0949. The van der Waals surface area contributed by atoms with E-state index in [0.717, 1.165) is 29.3 Å². The van der Waals surface area contributed by atoms with Crippen molar-refractivity contribution in [1.29, 1.82) is 0 Å². The van der Waals surface area contributed by atoms with Gasteiger partial charge in [0.2, 0.25) is 0 Å². The van der Waals surface area contributed by atoms with Crippen molar-refractivity contribution in [2.75, 3.05) is 25.0 Å². The predicted octanol–water partition coefficient (Wildman–Crippen LogP) is 3.52. The third kappa shape index (κ3) is 4.17. The van der Waals surface area contributed by atoms with Gasteiger partial charge in [0.05, 0.1) is 11.3 Å². The van der Waals surface area contributed by atoms with Crippen LogP contribution in [0.3, 0.4) is 0 Å². The van der Waals surface area contributed by atoms with E-state index < -0.39 is 0 Å². The molecule has 0 spiro atoms. The number of hydrogen-bond acceptors (Lipinski definition) is 4. The molecule has 2 aliphatic heterocycles. The largest absolute Gasteiger partial charge is 0.352 e. The minimum atomic E-state index is -0.139. The molecule has 2 aromatic rings. The molecular weight excluding hydrogens is 358 g/mol. The Kier molecular flexibility index (Phi) is 5.45. The molecule has 1 fully saturated rings. The van der Waals surface area contributed by atoms with Crippen molar-refractivity contribution in [3.8, 4) is 0 Å². The highest BCUT2D eigenvalue weighted by molar-refractivity contribution is 7.99. The van der Waals surface area contributed by atoms with Crippen LogP contribution in [0.15, 0.2) is 52.3 Å². The Morgan fingerprint density at radius 1 is 1.11 bits per heavy atom. The number of piperidine rings is 1. The minimum absolute atomic E-state index is 0.0901. The smallest absolute Gasteiger partial charge is 0.256 e. The quantitative estimate of drug-likeness (QED) is 0.758. The summed E-state index contributed by atoms with van der Waals surface area (Å²) in [5.74, 6) is 0.459. The van der Waals surface area contributed by atoms with Crippen LogP contribution in [0.2, 0.25) is 0 Å². The van der Waals surface area contributed by atoms with Gasteiger partial charge in [-0.05, 0) is 68.6 Å². The van der Waals surface area contributed by atoms with Crippen molar-refractivity contribution in [2.45, 2.75) is 29.1 Å². The van der Waals surface area contributed by atoms with Gasteiger partial charge in [-0.15, -0.1) is 0 Å². The van der Waals surface area contributed by atoms with E-state index in [0.29, 0.717) is 29.3 Å². The van der Waals surface area contributed by atoms with Crippen molar-refractivity contribution in [3.05, 3.63) is 53.6 Å². The Bertz CT molecular complexity index is 862. The third-order valence-corrected chi connectivity index (χ3v) is 6.29. The number of amides is 2. The van der Waals surface area contributed by atoms with E-state index in [1.807, 2.05) is 36.4 Å². The minimum Gasteiger partial charge on any atom is -0.352 e. The van der Waals surface area contributed by atoms with Gasteiger partial charge >= 0.3 is 0 Å². The van der Waals surface area contributed by atoms with Crippen molar-refractivity contribution in [3.63, 3.8) is 0 Å². The van der Waals surface area contributed by atoms with Crippen LogP contribution in [0, 0.1) is 5.92 Å². The van der Waals surface area contributed by atoms with Gasteiger partial charge in [-0.25, -0.2) is 0 Å². The van der Waals surface area contributed by atoms with Crippen molar-refractivity contribution < 1.29 is 9.59 Å². The van der Waals surface area contributed by atoms with Crippen LogP contribution < -0.4 is 16.0 Å². The van der Waals surface area contributed by atoms with Crippen molar-refractivity contribution in [1.82, 2.24) is 10.6 Å². The van der Waals surface area contributed by atoms with Crippen LogP contribution in [-0.2, 0) is 0 Å². The van der Waals surface area contributed by atoms with Gasteiger partial charge in [-0.3, -0.25) is 9.59 Å². The van der Waals surface area contributed by atoms with Crippen LogP contribution >= 0.6 is 11.8 Å². The van der Waals surface area contributed by atoms with E-state index in [4.69, 9.17) is 0 Å². The number of nitrogens with one attached hydrogen (secondary N) is 3. The highest BCUT2D eigenvalue weighted by Crippen LogP contribution is 2.38. The number of fused-ring (bicyclic) bond motifs is 2. The Morgan fingerprint density at radius 2 is 1.93 bits per heavy atom. The Labute approximate surface area is 163 Å². The van der Waals surface area contributed by atoms with Crippen molar-refractivity contribution in [2.24, 2.45) is 5.92 Å². The first-order chi connectivity index (χ1) is 13.2. The van der Waals surface area contributed by atoms with E-state index in [1.54, 1.807) is 17.8 Å². The maximum atomic E-state index is 12.5. The van der Waals surface area contributed by atoms with E-state index in [2.05, 4.69) is 16.0 Å². The Morgan fingerprint density at radius 3 is 2.78 bits per heavy atom. The Balaban J connectivity index is 1.43. The number of carbonyl (C=O) groups excluding carboxylic acids is 2. The van der Waals surface area contributed by atoms with Crippen LogP contribution in [0.5, 0.6) is 0 Å². The summed E-state index contributed by atoms with van der Waals surface area (Å²) in [6.45, 7) is 2.83. The fourth-order valence-electron chi connectivity index (χ4n) is 3.57. The zero-order valence-electron chi connectivity index (χ0n) is 15.1. The second kappa shape index (κ2) is 8.15. The molecule has 27 heavy (non-hydrogen) atoms. The van der Waals surface area contributed by atoms with Gasteiger partial charge in [-0.2, -0.15) is 0 Å². The lowest BCUT2D eigenvalue weighted by Crippen LogP contribution is -2.31. The number of hydrogen-bond donors (Lipinski definition) is 3. The SMILES string of the molecule is O=C(NCCC1CCNCC1)c1ccc2c(c1)NC(=O)c1ccccc1S2. The van der Waals surface area contributed by atoms with Crippen LogP contribution in [0.4, 0.5) is 5.69 Å². The normalized spacial score (nSPS) is 16.7. The summed E-state index contributed by atoms with van der Waals surface area (Å²) < 4.78 is 0. The number of rotatable bonds is 4. The molecule has 5 nitrogen and oxygen atoms in total. The summed E-state index contributed by atoms with van der Waals surface area (Å²) in [5.41, 5.74) is 1.92. The first-order valence-electron chi connectivity index (χ1n) is 9.42. The van der Waals surface area contributed by atoms with E-state index in [9.17, 15) is 9.59 Å². The highest BCUT2D eigenvalue weighted by atomic mass is 32.2. The molecule has 2 aromatic carbocycles. The summed E-state index contributed by atoms with van der Waals surface area (Å²) >= 11 is 1.54. The topological polar surface area (TPSA) is 70.2 Å². The van der Waals surface area contributed by atoms with Crippen molar-refractivity contribution >= 4 is 29.3 Å². The predicted molar refractivity (Wildman–Crippen MR) is 108 cm³/mol. The first kappa shape index (κ1) is 18.1. The molecule has 2 aliphatic rings. The van der Waals surface area contributed by atoms with Crippen LogP contribution in [-0.4, -0.2) is 31.4 Å². The Hall–Kier alpha value is -2.31. The maximum absolute atomic E-state index is 12.5. The van der Waals surface area contributed by atoms with Gasteiger partial charge in [0, 0.05) is 21.9 Å². The summed E-state index contributed by atoms with van der Waals surface area (Å²) in [4.78, 5) is 26.8. The number of anilines is 1. The fraction of sp³-hybridized carbons (Fsp3) is 0.333. The lowest BCUT2D eigenvalue weighted by atomic mass is 9.95. The molecule has 0 aliphatic carbocycles. The van der Waals surface area contributed by atoms with Crippen LogP contribution in [0.1, 0.15) is 40.0 Å². The first-order valence-corrected chi connectivity index (χ1v) is 10.2. The lowest BCUT2D eigenvalue weighted by Gasteiger charge is -2.22. The number of benzene rings is 2. The average molecular weight is 382 g/mol. The molecule has 0 aromatic heterocycles. The molecule has 3 N–H and O–H groups in total. The van der Waals surface area contributed by atoms with Crippen LogP contribution in [0.25, 0.3) is 0 Å². The number of carbonyl (C=O) groups is 2.